The molecule has 0 bridgehead atoms. The van der Waals surface area contributed by atoms with Crippen LogP contribution in [0.5, 0.6) is 0 Å². The molecule has 1 saturated heterocycles. The predicted octanol–water partition coefficient (Wildman–Crippen LogP) is 3.41. The van der Waals surface area contributed by atoms with E-state index in [4.69, 9.17) is 4.74 Å². The number of carbonyl (C=O) groups is 1. The molecule has 4 rings (SSSR count). The molecule has 1 aromatic heterocycles. The number of hydrogen-bond donors (Lipinski definition) is 3. The number of hydrogen-bond acceptors (Lipinski definition) is 7. The highest BCUT2D eigenvalue weighted by Gasteiger charge is 2.48. The minimum Gasteiger partial charge on any atom is -0.376 e. The summed E-state index contributed by atoms with van der Waals surface area (Å²) < 4.78 is 44.1. The van der Waals surface area contributed by atoms with Crippen LogP contribution in [-0.4, -0.2) is 40.0 Å². The van der Waals surface area contributed by atoms with Crippen molar-refractivity contribution in [3.63, 3.8) is 0 Å². The van der Waals surface area contributed by atoms with E-state index in [0.717, 1.165) is 28.3 Å². The van der Waals surface area contributed by atoms with Crippen molar-refractivity contribution in [2.24, 2.45) is 0 Å². The summed E-state index contributed by atoms with van der Waals surface area (Å²) in [5, 5.41) is 9.04. The molecule has 11 heteroatoms. The number of benzene rings is 1. The molecule has 7 nitrogen and oxygen atoms in total. The molecule has 1 fully saturated rings. The number of rotatable bonds is 5. The van der Waals surface area contributed by atoms with E-state index in [2.05, 4.69) is 25.9 Å². The molecule has 0 saturated carbocycles. The number of ether oxygens (including phenoxy) is 1. The number of alkyl halides is 3. The fourth-order valence-corrected chi connectivity index (χ4v) is 4.64. The van der Waals surface area contributed by atoms with Gasteiger partial charge in [0.25, 0.3) is 0 Å². The summed E-state index contributed by atoms with van der Waals surface area (Å²) in [6.45, 7) is 4.21. The van der Waals surface area contributed by atoms with Crippen molar-refractivity contribution >= 4 is 34.2 Å². The fraction of sp³-hybridized carbons (Fsp3) is 0.350. The van der Waals surface area contributed by atoms with E-state index < -0.39 is 17.4 Å². The number of nitrogens with zero attached hydrogens (tertiary/aromatic N) is 2. The topological polar surface area (TPSA) is 88.2 Å². The number of halogens is 3. The maximum absolute atomic E-state index is 12.9. The first-order valence-corrected chi connectivity index (χ1v) is 10.3. The van der Waals surface area contributed by atoms with Crippen molar-refractivity contribution < 1.29 is 22.7 Å². The average Bonchev–Trinajstić information content (AvgIpc) is 3.14. The number of anilines is 2. The lowest BCUT2D eigenvalue weighted by atomic mass is 9.97. The van der Waals surface area contributed by atoms with Crippen LogP contribution in [0.25, 0.3) is 4.91 Å². The van der Waals surface area contributed by atoms with Crippen LogP contribution in [0.2, 0.25) is 0 Å². The third kappa shape index (κ3) is 4.62. The molecule has 2 aromatic rings. The quantitative estimate of drug-likeness (QED) is 0.642. The van der Waals surface area contributed by atoms with Gasteiger partial charge in [-0.25, -0.2) is 9.97 Å². The number of aryl methyl sites for hydroxylation is 1. The first-order chi connectivity index (χ1) is 14.6. The molecule has 3 heterocycles. The van der Waals surface area contributed by atoms with Gasteiger partial charge in [0.2, 0.25) is 11.9 Å². The Morgan fingerprint density at radius 2 is 2.10 bits per heavy atom. The third-order valence-electron chi connectivity index (χ3n) is 4.82. The summed E-state index contributed by atoms with van der Waals surface area (Å²) in [4.78, 5) is 20.0. The van der Waals surface area contributed by atoms with E-state index in [-0.39, 0.29) is 17.2 Å². The van der Waals surface area contributed by atoms with Gasteiger partial charge in [0, 0.05) is 29.9 Å². The maximum Gasteiger partial charge on any atom is 0.433 e. The van der Waals surface area contributed by atoms with Crippen LogP contribution < -0.4 is 16.0 Å². The zero-order chi connectivity index (χ0) is 22.2. The Hall–Kier alpha value is -2.79. The summed E-state index contributed by atoms with van der Waals surface area (Å²) in [6.07, 6.45) is -1.60. The van der Waals surface area contributed by atoms with Crippen LogP contribution in [0.4, 0.5) is 24.8 Å². The number of aromatic nitrogens is 2. The van der Waals surface area contributed by atoms with Gasteiger partial charge in [-0.2, -0.15) is 13.2 Å². The SMILES string of the molecule is CC(=O)NC1(C2NC=C(c3cc(C)cc(Nc4nccc(C(F)(F)F)n4)c3)S2)COC1. The Kier molecular flexibility index (Phi) is 5.56. The van der Waals surface area contributed by atoms with E-state index in [1.165, 1.54) is 6.92 Å². The van der Waals surface area contributed by atoms with Gasteiger partial charge in [0.05, 0.1) is 13.2 Å². The van der Waals surface area contributed by atoms with Crippen molar-refractivity contribution in [2.45, 2.75) is 30.9 Å². The summed E-state index contributed by atoms with van der Waals surface area (Å²) in [7, 11) is 0. The van der Waals surface area contributed by atoms with Gasteiger partial charge < -0.3 is 20.7 Å². The molecule has 1 amide bonds. The lowest BCUT2D eigenvalue weighted by molar-refractivity contribution is -0.141. The average molecular weight is 451 g/mol. The summed E-state index contributed by atoms with van der Waals surface area (Å²) >= 11 is 1.57. The Balaban J connectivity index is 1.52. The second kappa shape index (κ2) is 8.04. The van der Waals surface area contributed by atoms with Crippen LogP contribution in [0.1, 0.15) is 23.7 Å². The van der Waals surface area contributed by atoms with E-state index in [9.17, 15) is 18.0 Å². The van der Waals surface area contributed by atoms with Crippen LogP contribution in [0.3, 0.4) is 0 Å². The van der Waals surface area contributed by atoms with E-state index >= 15 is 0 Å². The highest BCUT2D eigenvalue weighted by molar-refractivity contribution is 8.09. The lowest BCUT2D eigenvalue weighted by Gasteiger charge is -2.45. The zero-order valence-corrected chi connectivity index (χ0v) is 17.5. The number of nitrogens with one attached hydrogen (secondary N) is 3. The molecule has 0 aliphatic carbocycles. The molecule has 31 heavy (non-hydrogen) atoms. The van der Waals surface area contributed by atoms with Gasteiger partial charge in [-0.3, -0.25) is 4.79 Å². The van der Waals surface area contributed by atoms with E-state index in [1.54, 1.807) is 17.8 Å². The van der Waals surface area contributed by atoms with Crippen molar-refractivity contribution in [1.29, 1.82) is 0 Å². The molecular formula is C20H20F3N5O2S. The molecule has 1 unspecified atom stereocenters. The molecule has 1 aromatic carbocycles. The molecule has 3 N–H and O–H groups in total. The Bertz CT molecular complexity index is 1040. The Morgan fingerprint density at radius 1 is 1.32 bits per heavy atom. The highest BCUT2D eigenvalue weighted by atomic mass is 32.2. The van der Waals surface area contributed by atoms with Gasteiger partial charge in [-0.1, -0.05) is 17.8 Å². The second-order valence-corrected chi connectivity index (χ2v) is 8.63. The number of thioether (sulfide) groups is 1. The molecule has 0 spiro atoms. The molecule has 2 aliphatic rings. The van der Waals surface area contributed by atoms with Crippen molar-refractivity contribution in [2.75, 3.05) is 18.5 Å². The molecular weight excluding hydrogens is 431 g/mol. The maximum atomic E-state index is 12.9. The molecule has 0 radical (unpaired) electrons. The standard InChI is InChI=1S/C20H20F3N5O2S/c1-11-5-13(15-8-25-17(31-15)19(9-30-10-19)28-12(2)29)7-14(6-11)26-18-24-4-3-16(27-18)20(21,22)23/h3-8,17,25H,9-10H2,1-2H3,(H,28,29)(H,24,26,27). The Labute approximate surface area is 180 Å². The van der Waals surface area contributed by atoms with Gasteiger partial charge in [0.1, 0.15) is 16.6 Å². The first-order valence-electron chi connectivity index (χ1n) is 9.43. The van der Waals surface area contributed by atoms with Gasteiger partial charge in [0.15, 0.2) is 0 Å². The minimum absolute atomic E-state index is 0.0936. The van der Waals surface area contributed by atoms with Gasteiger partial charge >= 0.3 is 6.18 Å². The first kappa shape index (κ1) is 21.4. The van der Waals surface area contributed by atoms with Crippen molar-refractivity contribution in [1.82, 2.24) is 20.6 Å². The van der Waals surface area contributed by atoms with Gasteiger partial charge in [-0.05, 0) is 36.2 Å². The summed E-state index contributed by atoms with van der Waals surface area (Å²) in [5.41, 5.74) is 0.881. The fourth-order valence-electron chi connectivity index (χ4n) is 3.44. The summed E-state index contributed by atoms with van der Waals surface area (Å²) in [5.74, 6) is -0.256. The number of carbonyl (C=O) groups excluding carboxylic acids is 1. The number of amides is 1. The van der Waals surface area contributed by atoms with Crippen LogP contribution >= 0.6 is 11.8 Å². The zero-order valence-electron chi connectivity index (χ0n) is 16.7. The summed E-state index contributed by atoms with van der Waals surface area (Å²) in [6, 6.07) is 6.43. The third-order valence-corrected chi connectivity index (χ3v) is 6.25. The van der Waals surface area contributed by atoms with Gasteiger partial charge in [-0.15, -0.1) is 0 Å². The second-order valence-electron chi connectivity index (χ2n) is 7.48. The molecule has 1 atom stereocenters. The molecule has 164 valence electrons. The highest BCUT2D eigenvalue weighted by Crippen LogP contribution is 2.42. The minimum atomic E-state index is -4.54. The smallest absolute Gasteiger partial charge is 0.376 e. The van der Waals surface area contributed by atoms with Crippen LogP contribution in [-0.2, 0) is 15.7 Å². The van der Waals surface area contributed by atoms with Crippen molar-refractivity contribution in [3.05, 3.63) is 53.5 Å². The van der Waals surface area contributed by atoms with Crippen molar-refractivity contribution in [3.8, 4) is 0 Å². The Morgan fingerprint density at radius 3 is 2.74 bits per heavy atom. The van der Waals surface area contributed by atoms with E-state index in [0.29, 0.717) is 18.9 Å². The monoisotopic (exact) mass is 451 g/mol. The van der Waals surface area contributed by atoms with E-state index in [1.807, 2.05) is 25.3 Å². The normalized spacial score (nSPS) is 19.8. The van der Waals surface area contributed by atoms with Crippen LogP contribution in [0, 0.1) is 6.92 Å². The predicted molar refractivity (Wildman–Crippen MR) is 111 cm³/mol. The molecule has 2 aliphatic heterocycles. The lowest BCUT2D eigenvalue weighted by Crippen LogP contribution is -2.69. The largest absolute Gasteiger partial charge is 0.433 e. The van der Waals surface area contributed by atoms with Crippen LogP contribution in [0.15, 0.2) is 36.7 Å².